The van der Waals surface area contributed by atoms with Crippen LogP contribution in [-0.4, -0.2) is 10.8 Å². The molecule has 0 saturated carbocycles. The number of aromatic nitrogens is 1. The highest BCUT2D eigenvalue weighted by atomic mass is 32.1. The van der Waals surface area contributed by atoms with Crippen LogP contribution in [0.2, 0.25) is 0 Å². The molecule has 0 radical (unpaired) electrons. The van der Waals surface area contributed by atoms with Crippen LogP contribution in [0.3, 0.4) is 0 Å². The summed E-state index contributed by atoms with van der Waals surface area (Å²) in [6, 6.07) is 6.24. The van der Waals surface area contributed by atoms with Crippen LogP contribution in [0.5, 0.6) is 0 Å². The van der Waals surface area contributed by atoms with Gasteiger partial charge in [0.25, 0.3) is 0 Å². The molecule has 0 fully saturated rings. The number of carbonyl (C=O) groups is 1. The summed E-state index contributed by atoms with van der Waals surface area (Å²) in [6.45, 7) is 3.65. The van der Waals surface area contributed by atoms with Crippen LogP contribution in [-0.2, 0) is 11.2 Å². The van der Waals surface area contributed by atoms with Crippen molar-refractivity contribution in [2.24, 2.45) is 0 Å². The Morgan fingerprint density at radius 3 is 3.00 bits per heavy atom. The van der Waals surface area contributed by atoms with Gasteiger partial charge in [0.05, 0.1) is 15.2 Å². The number of Topliss-reactive ketones (excluding diaryl/α,β-unsaturated/α-hetero) is 1. The maximum Gasteiger partial charge on any atom is 0.130 e. The standard InChI is InChI=1S/C12H13NOS/c1-8(14)3-4-10-5-6-11-12(7-10)15-9(2)13-11/h5-7H,3-4H2,1-2H3. The summed E-state index contributed by atoms with van der Waals surface area (Å²) in [6.07, 6.45) is 1.46. The fourth-order valence-corrected chi connectivity index (χ4v) is 2.45. The lowest BCUT2D eigenvalue weighted by atomic mass is 10.1. The van der Waals surface area contributed by atoms with Gasteiger partial charge in [-0.3, -0.25) is 0 Å². The van der Waals surface area contributed by atoms with E-state index < -0.39 is 0 Å². The van der Waals surface area contributed by atoms with Crippen LogP contribution in [0.1, 0.15) is 23.9 Å². The van der Waals surface area contributed by atoms with Crippen molar-refractivity contribution >= 4 is 27.3 Å². The molecule has 0 unspecified atom stereocenters. The van der Waals surface area contributed by atoms with Gasteiger partial charge in [-0.05, 0) is 38.0 Å². The monoisotopic (exact) mass is 219 g/mol. The van der Waals surface area contributed by atoms with Crippen molar-refractivity contribution in [3.63, 3.8) is 0 Å². The van der Waals surface area contributed by atoms with E-state index in [0.29, 0.717) is 6.42 Å². The molecule has 1 aromatic heterocycles. The Hall–Kier alpha value is -1.22. The number of aryl methyl sites for hydroxylation is 2. The van der Waals surface area contributed by atoms with Gasteiger partial charge < -0.3 is 4.79 Å². The van der Waals surface area contributed by atoms with Gasteiger partial charge in [-0.25, -0.2) is 4.98 Å². The van der Waals surface area contributed by atoms with Crippen LogP contribution in [0, 0.1) is 6.92 Å². The molecule has 78 valence electrons. The Labute approximate surface area is 93.0 Å². The molecule has 0 N–H and O–H groups in total. The van der Waals surface area contributed by atoms with Gasteiger partial charge in [-0.2, -0.15) is 0 Å². The van der Waals surface area contributed by atoms with Crippen LogP contribution < -0.4 is 0 Å². The van der Waals surface area contributed by atoms with Crippen molar-refractivity contribution in [3.05, 3.63) is 28.8 Å². The summed E-state index contributed by atoms with van der Waals surface area (Å²) in [5.41, 5.74) is 2.28. The summed E-state index contributed by atoms with van der Waals surface area (Å²) in [4.78, 5) is 15.3. The minimum absolute atomic E-state index is 0.246. The van der Waals surface area contributed by atoms with Gasteiger partial charge in [-0.1, -0.05) is 6.07 Å². The predicted molar refractivity (Wildman–Crippen MR) is 63.4 cm³/mol. The second kappa shape index (κ2) is 4.11. The third kappa shape index (κ3) is 2.42. The molecule has 1 heterocycles. The highest BCUT2D eigenvalue weighted by Gasteiger charge is 2.02. The maximum absolute atomic E-state index is 10.9. The van der Waals surface area contributed by atoms with E-state index in [1.165, 1.54) is 10.3 Å². The number of thiazole rings is 1. The molecule has 0 aliphatic carbocycles. The molecule has 0 spiro atoms. The SMILES string of the molecule is CC(=O)CCc1ccc2nc(C)sc2c1. The molecular weight excluding hydrogens is 206 g/mol. The van der Waals surface area contributed by atoms with E-state index in [9.17, 15) is 4.79 Å². The van der Waals surface area contributed by atoms with Crippen molar-refractivity contribution in [1.29, 1.82) is 0 Å². The first kappa shape index (κ1) is 10.3. The molecule has 15 heavy (non-hydrogen) atoms. The van der Waals surface area contributed by atoms with E-state index in [1.807, 2.05) is 13.0 Å². The molecular formula is C12H13NOS. The molecule has 2 nitrogen and oxygen atoms in total. The molecule has 3 heteroatoms. The number of rotatable bonds is 3. The molecule has 0 bridgehead atoms. The molecule has 2 rings (SSSR count). The van der Waals surface area contributed by atoms with E-state index in [-0.39, 0.29) is 5.78 Å². The fourth-order valence-electron chi connectivity index (χ4n) is 1.56. The maximum atomic E-state index is 10.9. The molecule has 1 aromatic carbocycles. The molecule has 0 saturated heterocycles. The first-order chi connectivity index (χ1) is 7.15. The smallest absolute Gasteiger partial charge is 0.130 e. The summed E-state index contributed by atoms with van der Waals surface area (Å²) in [5.74, 6) is 0.246. The largest absolute Gasteiger partial charge is 0.300 e. The Morgan fingerprint density at radius 1 is 1.47 bits per heavy atom. The van der Waals surface area contributed by atoms with Gasteiger partial charge in [0.15, 0.2) is 0 Å². The number of benzene rings is 1. The summed E-state index contributed by atoms with van der Waals surface area (Å²) in [7, 11) is 0. The van der Waals surface area contributed by atoms with E-state index >= 15 is 0 Å². The van der Waals surface area contributed by atoms with Gasteiger partial charge >= 0.3 is 0 Å². The zero-order valence-corrected chi connectivity index (χ0v) is 9.73. The van der Waals surface area contributed by atoms with Crippen LogP contribution in [0.4, 0.5) is 0 Å². The summed E-state index contributed by atoms with van der Waals surface area (Å²) in [5, 5.41) is 1.09. The fraction of sp³-hybridized carbons (Fsp3) is 0.333. The lowest BCUT2D eigenvalue weighted by Crippen LogP contribution is -1.93. The second-order valence-electron chi connectivity index (χ2n) is 3.74. The number of carbonyl (C=O) groups excluding carboxylic acids is 1. The van der Waals surface area contributed by atoms with Gasteiger partial charge in [-0.15, -0.1) is 11.3 Å². The second-order valence-corrected chi connectivity index (χ2v) is 4.97. The Balaban J connectivity index is 2.26. The van der Waals surface area contributed by atoms with Crippen molar-refractivity contribution < 1.29 is 4.79 Å². The first-order valence-electron chi connectivity index (χ1n) is 5.00. The summed E-state index contributed by atoms with van der Waals surface area (Å²) < 4.78 is 1.22. The zero-order chi connectivity index (χ0) is 10.8. The number of nitrogens with zero attached hydrogens (tertiary/aromatic N) is 1. The Kier molecular flexibility index (Phi) is 2.82. The number of ketones is 1. The van der Waals surface area contributed by atoms with E-state index in [0.717, 1.165) is 16.9 Å². The third-order valence-electron chi connectivity index (χ3n) is 2.33. The molecule has 0 atom stereocenters. The lowest BCUT2D eigenvalue weighted by Gasteiger charge is -1.98. The first-order valence-corrected chi connectivity index (χ1v) is 5.82. The summed E-state index contributed by atoms with van der Waals surface area (Å²) >= 11 is 1.70. The zero-order valence-electron chi connectivity index (χ0n) is 8.91. The topological polar surface area (TPSA) is 30.0 Å². The number of hydrogen-bond donors (Lipinski definition) is 0. The number of hydrogen-bond acceptors (Lipinski definition) is 3. The minimum Gasteiger partial charge on any atom is -0.300 e. The average Bonchev–Trinajstić information content (AvgIpc) is 2.53. The number of fused-ring (bicyclic) bond motifs is 1. The van der Waals surface area contributed by atoms with Crippen LogP contribution in [0.25, 0.3) is 10.2 Å². The quantitative estimate of drug-likeness (QED) is 0.793. The van der Waals surface area contributed by atoms with Crippen molar-refractivity contribution in [2.75, 3.05) is 0 Å². The van der Waals surface area contributed by atoms with Crippen molar-refractivity contribution in [1.82, 2.24) is 4.98 Å². The van der Waals surface area contributed by atoms with Crippen molar-refractivity contribution in [2.45, 2.75) is 26.7 Å². The lowest BCUT2D eigenvalue weighted by molar-refractivity contribution is -0.116. The normalized spacial score (nSPS) is 10.8. The minimum atomic E-state index is 0.246. The molecule has 0 amide bonds. The van der Waals surface area contributed by atoms with E-state index in [1.54, 1.807) is 18.3 Å². The Morgan fingerprint density at radius 2 is 2.27 bits per heavy atom. The Bertz CT molecular complexity index is 501. The molecule has 0 aliphatic rings. The van der Waals surface area contributed by atoms with Crippen molar-refractivity contribution in [3.8, 4) is 0 Å². The van der Waals surface area contributed by atoms with E-state index in [4.69, 9.17) is 0 Å². The van der Waals surface area contributed by atoms with Gasteiger partial charge in [0, 0.05) is 6.42 Å². The van der Waals surface area contributed by atoms with Crippen LogP contribution >= 0.6 is 11.3 Å². The van der Waals surface area contributed by atoms with Gasteiger partial charge in [0.1, 0.15) is 5.78 Å². The molecule has 0 aliphatic heterocycles. The average molecular weight is 219 g/mol. The highest BCUT2D eigenvalue weighted by molar-refractivity contribution is 7.18. The van der Waals surface area contributed by atoms with Crippen LogP contribution in [0.15, 0.2) is 18.2 Å². The van der Waals surface area contributed by atoms with Gasteiger partial charge in [0.2, 0.25) is 0 Å². The van der Waals surface area contributed by atoms with E-state index in [2.05, 4.69) is 17.1 Å². The third-order valence-corrected chi connectivity index (χ3v) is 3.26. The predicted octanol–water partition coefficient (Wildman–Crippen LogP) is 3.13. The molecule has 2 aromatic rings. The highest BCUT2D eigenvalue weighted by Crippen LogP contribution is 2.23.